The number of esters is 1. The highest BCUT2D eigenvalue weighted by Crippen LogP contribution is 2.35. The van der Waals surface area contributed by atoms with Gasteiger partial charge >= 0.3 is 5.97 Å². The second-order valence-electron chi connectivity index (χ2n) is 8.52. The van der Waals surface area contributed by atoms with Gasteiger partial charge in [-0.25, -0.2) is 4.98 Å². The number of rotatable bonds is 7. The number of nitrogens with one attached hydrogen (secondary N) is 2. The fourth-order valence-electron chi connectivity index (χ4n) is 2.87. The predicted octanol–water partition coefficient (Wildman–Crippen LogP) is 4.19. The maximum atomic E-state index is 12.9. The summed E-state index contributed by atoms with van der Waals surface area (Å²) in [6.45, 7) is 8.89. The normalized spacial score (nSPS) is 13.8. The monoisotopic (exact) mass is 489 g/mol. The molecular weight excluding hydrogens is 462 g/mol. The molecule has 33 heavy (non-hydrogen) atoms. The molecule has 9 heteroatoms. The van der Waals surface area contributed by atoms with Crippen LogP contribution in [0.25, 0.3) is 0 Å². The lowest BCUT2D eigenvalue weighted by Crippen LogP contribution is -2.51. The van der Waals surface area contributed by atoms with Gasteiger partial charge in [0.2, 0.25) is 0 Å². The Bertz CT molecular complexity index is 1070. The molecule has 2 rings (SSSR count). The van der Waals surface area contributed by atoms with Crippen LogP contribution < -0.4 is 10.0 Å². The highest BCUT2D eigenvalue weighted by Gasteiger charge is 2.40. The van der Waals surface area contributed by atoms with E-state index < -0.39 is 33.5 Å². The fraction of sp³-hybridized carbons (Fsp3) is 0.375. The third kappa shape index (κ3) is 7.21. The van der Waals surface area contributed by atoms with Gasteiger partial charge in [0.1, 0.15) is 10.4 Å². The van der Waals surface area contributed by atoms with E-state index in [0.717, 1.165) is 0 Å². The lowest BCUT2D eigenvalue weighted by atomic mass is 9.89. The quantitative estimate of drug-likeness (QED) is 0.343. The van der Waals surface area contributed by atoms with E-state index in [4.69, 9.17) is 16.3 Å². The van der Waals surface area contributed by atoms with E-state index in [9.17, 15) is 14.1 Å². The first-order valence-electron chi connectivity index (χ1n) is 10.2. The molecule has 0 radical (unpaired) electrons. The van der Waals surface area contributed by atoms with E-state index in [1.165, 1.54) is 13.3 Å². The Morgan fingerprint density at radius 2 is 1.91 bits per heavy atom. The number of aromatic nitrogens is 1. The van der Waals surface area contributed by atoms with Gasteiger partial charge in [0.05, 0.1) is 19.1 Å². The van der Waals surface area contributed by atoms with E-state index >= 15 is 0 Å². The predicted molar refractivity (Wildman–Crippen MR) is 131 cm³/mol. The maximum absolute atomic E-state index is 12.9. The van der Waals surface area contributed by atoms with Gasteiger partial charge in [-0.3, -0.25) is 9.59 Å². The lowest BCUT2D eigenvalue weighted by molar-refractivity contribution is -0.142. The number of carbonyl (C=O) groups is 2. The summed E-state index contributed by atoms with van der Waals surface area (Å²) in [6.07, 6.45) is 1.40. The van der Waals surface area contributed by atoms with Gasteiger partial charge in [-0.2, -0.15) is 0 Å². The van der Waals surface area contributed by atoms with Gasteiger partial charge in [0.15, 0.2) is 0 Å². The third-order valence-electron chi connectivity index (χ3n) is 4.68. The summed E-state index contributed by atoms with van der Waals surface area (Å²) in [4.78, 5) is 29.0. The number of amides is 1. The molecular formula is C24H28ClN3O4S. The average Bonchev–Trinajstić information content (AvgIpc) is 2.74. The Kier molecular flexibility index (Phi) is 8.92. The molecule has 2 atom stereocenters. The van der Waals surface area contributed by atoms with E-state index in [-0.39, 0.29) is 12.1 Å². The summed E-state index contributed by atoms with van der Waals surface area (Å²) < 4.78 is 20.2. The fourth-order valence-corrected chi connectivity index (χ4v) is 4.10. The molecule has 0 saturated carbocycles. The first-order valence-corrected chi connectivity index (χ1v) is 11.7. The molecule has 2 N–H and O–H groups in total. The molecule has 1 aromatic heterocycles. The molecule has 0 bridgehead atoms. The number of benzene rings is 1. The summed E-state index contributed by atoms with van der Waals surface area (Å²) in [5.74, 6) is 4.73. The molecule has 0 aliphatic rings. The molecule has 1 amide bonds. The SMILES string of the molecule is CC#Cc1ccc(C(=O)Nc2ccc(Cl)c(C(C)(CC(=O)OC)N[S+]([O-])C(C)(C)C)c2)nc1. The van der Waals surface area contributed by atoms with E-state index in [1.54, 1.807) is 44.2 Å². The summed E-state index contributed by atoms with van der Waals surface area (Å²) in [5, 5.41) is 3.13. The van der Waals surface area contributed by atoms with Gasteiger partial charge in [-0.15, -0.1) is 10.6 Å². The number of hydrogen-bond donors (Lipinski definition) is 2. The van der Waals surface area contributed by atoms with Crippen molar-refractivity contribution in [2.75, 3.05) is 12.4 Å². The number of halogens is 1. The molecule has 1 aromatic carbocycles. The first-order chi connectivity index (χ1) is 15.4. The standard InChI is InChI=1S/C24H28ClN3O4S/c1-7-8-16-9-12-20(26-15-16)22(30)27-17-10-11-19(25)18(13-17)24(5,14-21(29)32-6)28-33(31)23(2,3)4/h9-13,15,28H,14H2,1-6H3,(H,27,30). The molecule has 0 saturated heterocycles. The Morgan fingerprint density at radius 3 is 2.45 bits per heavy atom. The molecule has 1 heterocycles. The number of carbonyl (C=O) groups excluding carboxylic acids is 2. The number of anilines is 1. The molecule has 2 unspecified atom stereocenters. The highest BCUT2D eigenvalue weighted by atomic mass is 35.5. The van der Waals surface area contributed by atoms with Crippen molar-refractivity contribution in [3.63, 3.8) is 0 Å². The molecule has 0 aliphatic heterocycles. The van der Waals surface area contributed by atoms with Crippen molar-refractivity contribution < 1.29 is 18.9 Å². The Morgan fingerprint density at radius 1 is 1.21 bits per heavy atom. The Labute approximate surface area is 203 Å². The van der Waals surface area contributed by atoms with Crippen LogP contribution in [0, 0.1) is 11.8 Å². The average molecular weight is 490 g/mol. The Hall–Kier alpha value is -2.57. The molecule has 0 aliphatic carbocycles. The Balaban J connectivity index is 2.38. The van der Waals surface area contributed by atoms with Crippen molar-refractivity contribution >= 4 is 40.5 Å². The molecule has 0 fully saturated rings. The maximum Gasteiger partial charge on any atom is 0.307 e. The van der Waals surface area contributed by atoms with Crippen molar-refractivity contribution in [3.05, 3.63) is 58.4 Å². The van der Waals surface area contributed by atoms with Crippen LogP contribution in [0.3, 0.4) is 0 Å². The molecule has 2 aromatic rings. The second kappa shape index (κ2) is 11.0. The van der Waals surface area contributed by atoms with Crippen molar-refractivity contribution in [1.82, 2.24) is 9.71 Å². The number of methoxy groups -OCH3 is 1. The minimum atomic E-state index is -1.51. The van der Waals surface area contributed by atoms with Gasteiger partial charge in [0.25, 0.3) is 5.91 Å². The molecule has 0 spiro atoms. The summed E-state index contributed by atoms with van der Waals surface area (Å²) in [6, 6.07) is 8.19. The van der Waals surface area contributed by atoms with Crippen LogP contribution in [-0.4, -0.2) is 33.3 Å². The summed E-state index contributed by atoms with van der Waals surface area (Å²) >= 11 is 4.97. The van der Waals surface area contributed by atoms with Crippen LogP contribution in [-0.2, 0) is 26.4 Å². The third-order valence-corrected chi connectivity index (χ3v) is 6.76. The first kappa shape index (κ1) is 26.7. The van der Waals surface area contributed by atoms with Crippen molar-refractivity contribution in [2.45, 2.75) is 51.3 Å². The zero-order valence-electron chi connectivity index (χ0n) is 19.5. The van der Waals surface area contributed by atoms with Crippen LogP contribution in [0.2, 0.25) is 5.02 Å². The van der Waals surface area contributed by atoms with Gasteiger partial charge in [0, 0.05) is 33.8 Å². The van der Waals surface area contributed by atoms with Crippen molar-refractivity contribution in [3.8, 4) is 11.8 Å². The summed E-state index contributed by atoms with van der Waals surface area (Å²) in [5.41, 5.74) is 0.739. The van der Waals surface area contributed by atoms with E-state index in [0.29, 0.717) is 21.8 Å². The van der Waals surface area contributed by atoms with E-state index in [1.807, 2.05) is 20.8 Å². The van der Waals surface area contributed by atoms with Crippen molar-refractivity contribution in [2.24, 2.45) is 0 Å². The van der Waals surface area contributed by atoms with Crippen LogP contribution in [0.15, 0.2) is 36.5 Å². The highest BCUT2D eigenvalue weighted by molar-refractivity contribution is 7.90. The zero-order valence-corrected chi connectivity index (χ0v) is 21.1. The van der Waals surface area contributed by atoms with Crippen LogP contribution >= 0.6 is 11.6 Å². The second-order valence-corrected chi connectivity index (χ2v) is 10.9. The van der Waals surface area contributed by atoms with Crippen LogP contribution in [0.1, 0.15) is 62.7 Å². The minimum absolute atomic E-state index is 0.121. The van der Waals surface area contributed by atoms with Crippen LogP contribution in [0.5, 0.6) is 0 Å². The smallest absolute Gasteiger partial charge is 0.307 e. The van der Waals surface area contributed by atoms with Crippen molar-refractivity contribution in [1.29, 1.82) is 0 Å². The largest absolute Gasteiger partial charge is 0.598 e. The summed E-state index contributed by atoms with van der Waals surface area (Å²) in [7, 11) is 1.28. The van der Waals surface area contributed by atoms with Crippen LogP contribution in [0.4, 0.5) is 5.69 Å². The zero-order chi connectivity index (χ0) is 24.8. The number of ether oxygens (including phenoxy) is 1. The molecule has 7 nitrogen and oxygen atoms in total. The number of pyridine rings is 1. The van der Waals surface area contributed by atoms with Gasteiger partial charge < -0.3 is 14.6 Å². The number of hydrogen-bond acceptors (Lipinski definition) is 6. The van der Waals surface area contributed by atoms with Gasteiger partial charge in [-0.1, -0.05) is 17.5 Å². The van der Waals surface area contributed by atoms with Gasteiger partial charge in [-0.05, 0) is 70.5 Å². The topological polar surface area (TPSA) is 103 Å². The number of nitrogens with zero attached hydrogens (tertiary/aromatic N) is 1. The minimum Gasteiger partial charge on any atom is -0.598 e. The molecule has 176 valence electrons. The lowest BCUT2D eigenvalue weighted by Gasteiger charge is -2.35. The van der Waals surface area contributed by atoms with E-state index in [2.05, 4.69) is 26.9 Å².